The van der Waals surface area contributed by atoms with Crippen molar-refractivity contribution in [2.75, 3.05) is 24.9 Å². The first-order valence-corrected chi connectivity index (χ1v) is 14.0. The highest BCUT2D eigenvalue weighted by Gasteiger charge is 2.25. The predicted octanol–water partition coefficient (Wildman–Crippen LogP) is 9.05. The number of nitrogens with zero attached hydrogens (tertiary/aromatic N) is 2. The fraction of sp³-hybridized carbons (Fsp3) is 0.133. The third-order valence-corrected chi connectivity index (χ3v) is 7.62. The molecule has 0 unspecified atom stereocenters. The van der Waals surface area contributed by atoms with Crippen LogP contribution in [0.15, 0.2) is 72.8 Å². The van der Waals surface area contributed by atoms with Gasteiger partial charge in [-0.05, 0) is 102 Å². The number of alkyl halides is 1. The van der Waals surface area contributed by atoms with E-state index < -0.39 is 3.67 Å². The first-order valence-electron chi connectivity index (χ1n) is 12.1. The van der Waals surface area contributed by atoms with E-state index in [0.717, 1.165) is 66.5 Å². The Balaban J connectivity index is 1.54. The van der Waals surface area contributed by atoms with Gasteiger partial charge in [-0.1, -0.05) is 23.2 Å². The Morgan fingerprint density at radius 2 is 1.05 bits per heavy atom. The molecule has 0 saturated carbocycles. The van der Waals surface area contributed by atoms with E-state index in [9.17, 15) is 0 Å². The van der Waals surface area contributed by atoms with Crippen LogP contribution in [0.3, 0.4) is 0 Å². The fourth-order valence-electron chi connectivity index (χ4n) is 4.82. The number of aromatic nitrogens is 2. The highest BCUT2D eigenvalue weighted by Crippen LogP contribution is 2.40. The molecule has 0 aliphatic rings. The van der Waals surface area contributed by atoms with Gasteiger partial charge in [0.1, 0.15) is 11.5 Å². The van der Waals surface area contributed by atoms with Gasteiger partial charge in [0.25, 0.3) is 0 Å². The maximum Gasteiger partial charge on any atom is 0.158 e. The molecule has 6 nitrogen and oxygen atoms in total. The third kappa shape index (κ3) is 4.95. The second kappa shape index (κ2) is 10.0. The summed E-state index contributed by atoms with van der Waals surface area (Å²) in [7, 11) is 3.32. The van der Waals surface area contributed by atoms with E-state index in [0.29, 0.717) is 10.0 Å². The molecule has 0 aliphatic heterocycles. The zero-order valence-corrected chi connectivity index (χ0v) is 24.9. The molecule has 0 spiro atoms. The van der Waals surface area contributed by atoms with Gasteiger partial charge in [-0.25, -0.2) is 9.97 Å². The number of hydrogen-bond donors (Lipinski definition) is 2. The minimum absolute atomic E-state index is 0.631. The van der Waals surface area contributed by atoms with Crippen molar-refractivity contribution in [3.8, 4) is 11.5 Å². The molecule has 4 aromatic carbocycles. The molecule has 0 atom stereocenters. The summed E-state index contributed by atoms with van der Waals surface area (Å²) in [6.07, 6.45) is 0. The zero-order chi connectivity index (χ0) is 27.3. The second-order valence-electron chi connectivity index (χ2n) is 9.32. The molecular formula is C30H23Cl2IN4O2. The Morgan fingerprint density at radius 1 is 0.615 bits per heavy atom. The largest absolute Gasteiger partial charge is 0.497 e. The van der Waals surface area contributed by atoms with Crippen molar-refractivity contribution >= 4 is 101 Å². The highest BCUT2D eigenvalue weighted by atomic mass is 127. The maximum atomic E-state index is 6.34. The lowest BCUT2D eigenvalue weighted by atomic mass is 10.1. The fourth-order valence-corrected chi connectivity index (χ4v) is 5.69. The lowest BCUT2D eigenvalue weighted by Gasteiger charge is -2.30. The van der Waals surface area contributed by atoms with Crippen LogP contribution in [0.2, 0.25) is 10.0 Å². The summed E-state index contributed by atoms with van der Waals surface area (Å²) in [5.41, 5.74) is 5.10. The molecule has 6 rings (SSSR count). The predicted molar refractivity (Wildman–Crippen MR) is 171 cm³/mol. The molecule has 0 bridgehead atoms. The van der Waals surface area contributed by atoms with E-state index in [1.165, 1.54) is 0 Å². The van der Waals surface area contributed by atoms with Crippen molar-refractivity contribution in [3.63, 3.8) is 0 Å². The quantitative estimate of drug-likeness (QED) is 0.0607. The molecule has 9 heteroatoms. The minimum Gasteiger partial charge on any atom is -0.497 e. The summed E-state index contributed by atoms with van der Waals surface area (Å²) in [5.74, 6) is 1.50. The Hall–Kier alpha value is -3.27. The van der Waals surface area contributed by atoms with Crippen LogP contribution in [0.5, 0.6) is 11.5 Å². The summed E-state index contributed by atoms with van der Waals surface area (Å²) in [6, 6.07) is 23.2. The Labute approximate surface area is 248 Å². The molecule has 2 N–H and O–H groups in total. The summed E-state index contributed by atoms with van der Waals surface area (Å²) < 4.78 is 10.4. The van der Waals surface area contributed by atoms with Crippen molar-refractivity contribution in [3.05, 3.63) is 82.8 Å². The molecule has 0 saturated heterocycles. The van der Waals surface area contributed by atoms with Crippen molar-refractivity contribution in [1.82, 2.24) is 9.97 Å². The summed E-state index contributed by atoms with van der Waals surface area (Å²) in [5, 5.41) is 12.5. The number of methoxy groups -OCH3 is 2. The van der Waals surface area contributed by atoms with E-state index in [-0.39, 0.29) is 0 Å². The Morgan fingerprint density at radius 3 is 1.46 bits per heavy atom. The van der Waals surface area contributed by atoms with Crippen LogP contribution in [0.4, 0.5) is 11.4 Å². The van der Waals surface area contributed by atoms with Gasteiger partial charge in [0.15, 0.2) is 3.67 Å². The van der Waals surface area contributed by atoms with Crippen LogP contribution >= 0.6 is 45.8 Å². The number of hydrogen-bond acceptors (Lipinski definition) is 6. The zero-order valence-electron chi connectivity index (χ0n) is 21.3. The molecule has 39 heavy (non-hydrogen) atoms. The smallest absolute Gasteiger partial charge is 0.158 e. The molecule has 2 aromatic heterocycles. The van der Waals surface area contributed by atoms with Gasteiger partial charge in [0.2, 0.25) is 0 Å². The maximum absolute atomic E-state index is 6.34. The number of ether oxygens (including phenoxy) is 2. The average Bonchev–Trinajstić information content (AvgIpc) is 2.91. The van der Waals surface area contributed by atoms with Crippen molar-refractivity contribution in [1.29, 1.82) is 0 Å². The molecule has 0 aliphatic carbocycles. The number of rotatable bonds is 6. The van der Waals surface area contributed by atoms with Crippen molar-refractivity contribution in [2.24, 2.45) is 0 Å². The molecule has 0 radical (unpaired) electrons. The lowest BCUT2D eigenvalue weighted by molar-refractivity contribution is 0.415. The second-order valence-corrected chi connectivity index (χ2v) is 12.3. The normalized spacial score (nSPS) is 11.8. The number of fused-ring (bicyclic) bond motifs is 4. The van der Waals surface area contributed by atoms with Gasteiger partial charge in [0, 0.05) is 31.6 Å². The Kier molecular flexibility index (Phi) is 6.69. The van der Waals surface area contributed by atoms with E-state index in [1.807, 2.05) is 72.8 Å². The van der Waals surface area contributed by atoms with Gasteiger partial charge < -0.3 is 20.1 Å². The van der Waals surface area contributed by atoms with Crippen LogP contribution in [0, 0.1) is 0 Å². The van der Waals surface area contributed by atoms with Crippen LogP contribution in [-0.4, -0.2) is 27.9 Å². The van der Waals surface area contributed by atoms with Gasteiger partial charge >= 0.3 is 0 Å². The van der Waals surface area contributed by atoms with Gasteiger partial charge in [-0.15, -0.1) is 0 Å². The number of halogens is 3. The van der Waals surface area contributed by atoms with Crippen LogP contribution < -0.4 is 20.1 Å². The van der Waals surface area contributed by atoms with E-state index in [1.54, 1.807) is 14.2 Å². The topological polar surface area (TPSA) is 68.3 Å². The van der Waals surface area contributed by atoms with Crippen LogP contribution in [-0.2, 0) is 0 Å². The molecule has 2 heterocycles. The first kappa shape index (κ1) is 26.0. The number of pyridine rings is 2. The monoisotopic (exact) mass is 668 g/mol. The molecule has 0 fully saturated rings. The van der Waals surface area contributed by atoms with Crippen LogP contribution in [0.1, 0.15) is 6.92 Å². The van der Waals surface area contributed by atoms with Crippen molar-refractivity contribution < 1.29 is 9.47 Å². The Bertz CT molecular complexity index is 1780. The molecule has 6 aromatic rings. The highest BCUT2D eigenvalue weighted by molar-refractivity contribution is 14.1. The van der Waals surface area contributed by atoms with Gasteiger partial charge in [0.05, 0.1) is 47.7 Å². The summed E-state index contributed by atoms with van der Waals surface area (Å²) >= 11 is 15.1. The van der Waals surface area contributed by atoms with Gasteiger partial charge in [-0.2, -0.15) is 0 Å². The SMILES string of the molecule is COc1ccc2nc3cc(Cl)ccc3c(NC(C)(I)Nc3c4ccc(Cl)cc4nc4ccc(OC)cc34)c2c1. The average molecular weight is 669 g/mol. The standard InChI is InChI=1S/C30H23Cl2IN4O2/c1-30(33,36-28-20-8-4-16(31)12-26(20)34-24-10-6-18(38-2)14-22(24)28)37-29-21-9-5-17(32)13-27(21)35-25-11-7-19(39-3)15-23(25)29/h4-15H,1-3H3,(H,34,36)(H,35,37). The number of anilines is 2. The van der Waals surface area contributed by atoms with E-state index in [4.69, 9.17) is 42.6 Å². The first-order chi connectivity index (χ1) is 18.7. The summed E-state index contributed by atoms with van der Waals surface area (Å²) in [6.45, 7) is 2.08. The van der Waals surface area contributed by atoms with Crippen molar-refractivity contribution in [2.45, 2.75) is 10.6 Å². The number of nitrogens with one attached hydrogen (secondary N) is 2. The molecule has 196 valence electrons. The lowest BCUT2D eigenvalue weighted by Crippen LogP contribution is -2.36. The van der Waals surface area contributed by atoms with Gasteiger partial charge in [-0.3, -0.25) is 0 Å². The summed E-state index contributed by atoms with van der Waals surface area (Å²) in [4.78, 5) is 9.72. The molecular weight excluding hydrogens is 646 g/mol. The molecule has 0 amide bonds. The van der Waals surface area contributed by atoms with E-state index >= 15 is 0 Å². The minimum atomic E-state index is -0.661. The van der Waals surface area contributed by atoms with Crippen LogP contribution in [0.25, 0.3) is 43.6 Å². The number of benzene rings is 4. The van der Waals surface area contributed by atoms with E-state index in [2.05, 4.69) is 40.1 Å². The third-order valence-electron chi connectivity index (χ3n) is 6.61.